The Hall–Kier alpha value is -1.03. The summed E-state index contributed by atoms with van der Waals surface area (Å²) >= 11 is 0. The van der Waals surface area contributed by atoms with Gasteiger partial charge in [-0.05, 0) is 43.2 Å². The van der Waals surface area contributed by atoms with Gasteiger partial charge in [0.2, 0.25) is 10.0 Å². The van der Waals surface area contributed by atoms with Crippen molar-refractivity contribution in [1.82, 2.24) is 0 Å². The van der Waals surface area contributed by atoms with E-state index in [2.05, 4.69) is 10.8 Å². The summed E-state index contributed by atoms with van der Waals surface area (Å²) in [5.74, 6) is 0. The largest absolute Gasteiger partial charge is 0.283 e. The van der Waals surface area contributed by atoms with Crippen LogP contribution >= 0.6 is 0 Å². The van der Waals surface area contributed by atoms with Crippen LogP contribution in [0.5, 0.6) is 0 Å². The first-order chi connectivity index (χ1) is 5.90. The first kappa shape index (κ1) is 10.1. The van der Waals surface area contributed by atoms with Crippen LogP contribution in [0, 0.1) is 19.9 Å². The SMILES string of the molecule is Cc1c[c]cc(C)c1NS(C)(=O)=O. The lowest BCUT2D eigenvalue weighted by molar-refractivity contribution is 0.606. The number of anilines is 1. The van der Waals surface area contributed by atoms with Gasteiger partial charge in [0.1, 0.15) is 0 Å². The van der Waals surface area contributed by atoms with Crippen LogP contribution in [0.15, 0.2) is 12.1 Å². The molecule has 0 amide bonds. The maximum Gasteiger partial charge on any atom is 0.229 e. The van der Waals surface area contributed by atoms with Gasteiger partial charge in [-0.2, -0.15) is 0 Å². The average Bonchev–Trinajstić information content (AvgIpc) is 1.95. The van der Waals surface area contributed by atoms with Crippen LogP contribution in [0.3, 0.4) is 0 Å². The Labute approximate surface area is 78.8 Å². The lowest BCUT2D eigenvalue weighted by atomic mass is 10.1. The maximum atomic E-state index is 11.0. The molecular formula is C9H12NO2S. The molecule has 3 nitrogen and oxygen atoms in total. The monoisotopic (exact) mass is 198 g/mol. The molecule has 0 aromatic heterocycles. The quantitative estimate of drug-likeness (QED) is 0.782. The normalized spacial score (nSPS) is 11.3. The molecular weight excluding hydrogens is 186 g/mol. The van der Waals surface area contributed by atoms with E-state index in [0.29, 0.717) is 5.69 Å². The maximum absolute atomic E-state index is 11.0. The van der Waals surface area contributed by atoms with Crippen molar-refractivity contribution in [1.29, 1.82) is 0 Å². The summed E-state index contributed by atoms with van der Waals surface area (Å²) in [5.41, 5.74) is 2.41. The van der Waals surface area contributed by atoms with Crippen molar-refractivity contribution in [2.45, 2.75) is 13.8 Å². The third-order valence-corrected chi connectivity index (χ3v) is 2.25. The highest BCUT2D eigenvalue weighted by molar-refractivity contribution is 7.92. The zero-order chi connectivity index (χ0) is 10.1. The second-order valence-corrected chi connectivity index (χ2v) is 4.82. The van der Waals surface area contributed by atoms with Gasteiger partial charge in [-0.15, -0.1) is 0 Å². The van der Waals surface area contributed by atoms with Gasteiger partial charge in [0.05, 0.1) is 11.9 Å². The lowest BCUT2D eigenvalue weighted by Crippen LogP contribution is -2.11. The van der Waals surface area contributed by atoms with Crippen LogP contribution in [0.25, 0.3) is 0 Å². The van der Waals surface area contributed by atoms with Gasteiger partial charge < -0.3 is 0 Å². The predicted molar refractivity (Wildman–Crippen MR) is 53.2 cm³/mol. The number of hydrogen-bond acceptors (Lipinski definition) is 2. The van der Waals surface area contributed by atoms with E-state index in [1.54, 1.807) is 12.1 Å². The minimum atomic E-state index is -3.19. The molecule has 1 N–H and O–H groups in total. The molecule has 0 saturated carbocycles. The molecule has 0 spiro atoms. The minimum absolute atomic E-state index is 0.654. The van der Waals surface area contributed by atoms with E-state index in [9.17, 15) is 8.42 Å². The average molecular weight is 198 g/mol. The molecule has 0 aliphatic carbocycles. The second kappa shape index (κ2) is 3.38. The van der Waals surface area contributed by atoms with Crippen LogP contribution < -0.4 is 4.72 Å². The van der Waals surface area contributed by atoms with E-state index >= 15 is 0 Å². The van der Waals surface area contributed by atoms with Crippen LogP contribution in [0.4, 0.5) is 5.69 Å². The van der Waals surface area contributed by atoms with E-state index in [-0.39, 0.29) is 0 Å². The van der Waals surface area contributed by atoms with E-state index < -0.39 is 10.0 Å². The van der Waals surface area contributed by atoms with Crippen molar-refractivity contribution in [2.75, 3.05) is 11.0 Å². The zero-order valence-electron chi connectivity index (χ0n) is 7.88. The molecule has 0 fully saturated rings. The number of sulfonamides is 1. The number of rotatable bonds is 2. The Morgan fingerprint density at radius 3 is 2.08 bits per heavy atom. The van der Waals surface area contributed by atoms with Crippen molar-refractivity contribution in [3.05, 3.63) is 29.3 Å². The lowest BCUT2D eigenvalue weighted by Gasteiger charge is -2.09. The highest BCUT2D eigenvalue weighted by Crippen LogP contribution is 2.19. The Morgan fingerprint density at radius 2 is 1.69 bits per heavy atom. The van der Waals surface area contributed by atoms with Gasteiger partial charge in [0.15, 0.2) is 0 Å². The van der Waals surface area contributed by atoms with Gasteiger partial charge in [-0.1, -0.05) is 0 Å². The Morgan fingerprint density at radius 1 is 1.23 bits per heavy atom. The van der Waals surface area contributed by atoms with Crippen molar-refractivity contribution in [3.8, 4) is 0 Å². The first-order valence-corrected chi connectivity index (χ1v) is 5.74. The molecule has 4 heteroatoms. The van der Waals surface area contributed by atoms with Crippen LogP contribution in [0.2, 0.25) is 0 Å². The molecule has 1 radical (unpaired) electrons. The molecule has 0 aliphatic heterocycles. The zero-order valence-corrected chi connectivity index (χ0v) is 8.70. The summed E-state index contributed by atoms with van der Waals surface area (Å²) in [5, 5.41) is 0. The van der Waals surface area contributed by atoms with Crippen LogP contribution in [-0.2, 0) is 10.0 Å². The fourth-order valence-corrected chi connectivity index (χ4v) is 1.79. The van der Waals surface area contributed by atoms with Gasteiger partial charge in [-0.3, -0.25) is 4.72 Å². The molecule has 0 saturated heterocycles. The highest BCUT2D eigenvalue weighted by atomic mass is 32.2. The van der Waals surface area contributed by atoms with Crippen LogP contribution in [0.1, 0.15) is 11.1 Å². The molecule has 0 bridgehead atoms. The Bertz CT molecular complexity index is 389. The van der Waals surface area contributed by atoms with E-state index in [0.717, 1.165) is 17.4 Å². The molecule has 0 unspecified atom stereocenters. The smallest absolute Gasteiger partial charge is 0.229 e. The molecule has 1 rings (SSSR count). The van der Waals surface area contributed by atoms with Crippen molar-refractivity contribution < 1.29 is 8.42 Å². The molecule has 13 heavy (non-hydrogen) atoms. The number of benzene rings is 1. The van der Waals surface area contributed by atoms with E-state index in [1.165, 1.54) is 0 Å². The van der Waals surface area contributed by atoms with E-state index in [1.807, 2.05) is 13.8 Å². The van der Waals surface area contributed by atoms with Gasteiger partial charge in [0.25, 0.3) is 0 Å². The molecule has 1 aromatic carbocycles. The molecule has 0 aliphatic rings. The third-order valence-electron chi connectivity index (χ3n) is 1.68. The van der Waals surface area contributed by atoms with Crippen molar-refractivity contribution in [2.24, 2.45) is 0 Å². The summed E-state index contributed by atoms with van der Waals surface area (Å²) < 4.78 is 24.4. The van der Waals surface area contributed by atoms with E-state index in [4.69, 9.17) is 0 Å². The first-order valence-electron chi connectivity index (χ1n) is 3.85. The van der Waals surface area contributed by atoms with Crippen molar-refractivity contribution >= 4 is 15.7 Å². The molecule has 0 atom stereocenters. The second-order valence-electron chi connectivity index (χ2n) is 3.07. The van der Waals surface area contributed by atoms with Gasteiger partial charge in [-0.25, -0.2) is 8.42 Å². The summed E-state index contributed by atoms with van der Waals surface area (Å²) in [6.45, 7) is 3.69. The number of nitrogens with one attached hydrogen (secondary N) is 1. The predicted octanol–water partition coefficient (Wildman–Crippen LogP) is 1.48. The third kappa shape index (κ3) is 2.73. The van der Waals surface area contributed by atoms with Crippen molar-refractivity contribution in [3.63, 3.8) is 0 Å². The minimum Gasteiger partial charge on any atom is -0.283 e. The topological polar surface area (TPSA) is 46.2 Å². The summed E-state index contributed by atoms with van der Waals surface area (Å²) in [6.07, 6.45) is 1.14. The fourth-order valence-electron chi connectivity index (χ4n) is 1.09. The summed E-state index contributed by atoms with van der Waals surface area (Å²) in [7, 11) is -3.19. The number of hydrogen-bond donors (Lipinski definition) is 1. The standard InChI is InChI=1S/C9H12NO2S/c1-7-5-4-6-8(2)9(7)10-13(3,11)12/h5-6,10H,1-3H3. The van der Waals surface area contributed by atoms with Gasteiger partial charge >= 0.3 is 0 Å². The number of aryl methyl sites for hydroxylation is 2. The summed E-state index contributed by atoms with van der Waals surface area (Å²) in [4.78, 5) is 0. The van der Waals surface area contributed by atoms with Gasteiger partial charge in [0, 0.05) is 0 Å². The Kier molecular flexibility index (Phi) is 2.61. The fraction of sp³-hybridized carbons (Fsp3) is 0.333. The molecule has 71 valence electrons. The summed E-state index contributed by atoms with van der Waals surface area (Å²) in [6, 6.07) is 6.42. The molecule has 0 heterocycles. The van der Waals surface area contributed by atoms with Crippen LogP contribution in [-0.4, -0.2) is 14.7 Å². The Balaban J connectivity index is 3.15. The highest BCUT2D eigenvalue weighted by Gasteiger charge is 2.06. The molecule has 1 aromatic rings.